The lowest BCUT2D eigenvalue weighted by molar-refractivity contribution is 0.145. The number of aliphatic hydroxyl groups is 1. The molecule has 1 aromatic carbocycles. The maximum atomic E-state index is 9.78. The van der Waals surface area contributed by atoms with Crippen LogP contribution in [0.15, 0.2) is 42.7 Å². The first-order valence-corrected chi connectivity index (χ1v) is 10.8. The summed E-state index contributed by atoms with van der Waals surface area (Å²) in [6.45, 7) is 3.51. The van der Waals surface area contributed by atoms with Crippen molar-refractivity contribution < 1.29 is 5.11 Å². The van der Waals surface area contributed by atoms with E-state index in [0.29, 0.717) is 0 Å². The Morgan fingerprint density at radius 3 is 2.30 bits per heavy atom. The van der Waals surface area contributed by atoms with Crippen LogP contribution >= 0.6 is 0 Å². The van der Waals surface area contributed by atoms with E-state index in [0.717, 1.165) is 69.2 Å². The largest absolute Gasteiger partial charge is 0.393 e. The van der Waals surface area contributed by atoms with E-state index >= 15 is 0 Å². The first-order valence-electron chi connectivity index (χ1n) is 10.8. The Hall–Kier alpha value is -2.93. The average Bonchev–Trinajstić information content (AvgIpc) is 2.96. The molecule has 0 unspecified atom stereocenters. The molecule has 0 radical (unpaired) electrons. The average molecular weight is 405 g/mol. The standard InChI is InChI=1S/C23H28N6O/c1-27-20-10-14-29(13-9-19(20)23(26-27)17-5-3-2-4-6-17)22-15-21(24-16-25-22)28-11-7-18(30)8-12-28/h2-6,15-16,18,30H,7-14H2,1H3. The van der Waals surface area contributed by atoms with Crippen LogP contribution in [0.5, 0.6) is 0 Å². The number of piperidine rings is 1. The topological polar surface area (TPSA) is 70.3 Å². The van der Waals surface area contributed by atoms with Crippen LogP contribution in [0.4, 0.5) is 11.6 Å². The molecule has 5 rings (SSSR count). The molecule has 0 bridgehead atoms. The minimum absolute atomic E-state index is 0.181. The monoisotopic (exact) mass is 404 g/mol. The molecule has 156 valence electrons. The van der Waals surface area contributed by atoms with Gasteiger partial charge in [0.15, 0.2) is 0 Å². The lowest BCUT2D eigenvalue weighted by Gasteiger charge is -2.31. The van der Waals surface area contributed by atoms with Crippen molar-refractivity contribution in [3.05, 3.63) is 54.0 Å². The first kappa shape index (κ1) is 19.1. The molecule has 0 spiro atoms. The molecule has 0 saturated carbocycles. The Morgan fingerprint density at radius 1 is 0.900 bits per heavy atom. The van der Waals surface area contributed by atoms with Crippen LogP contribution in [0.1, 0.15) is 24.1 Å². The third kappa shape index (κ3) is 3.65. The van der Waals surface area contributed by atoms with Crippen LogP contribution in [0.2, 0.25) is 0 Å². The first-order chi connectivity index (χ1) is 14.7. The zero-order chi connectivity index (χ0) is 20.5. The number of aromatic nitrogens is 4. The van der Waals surface area contributed by atoms with Gasteiger partial charge in [0.1, 0.15) is 18.0 Å². The van der Waals surface area contributed by atoms with Gasteiger partial charge in [0.05, 0.1) is 11.8 Å². The van der Waals surface area contributed by atoms with E-state index < -0.39 is 0 Å². The summed E-state index contributed by atoms with van der Waals surface area (Å²) in [4.78, 5) is 13.7. The molecule has 3 aromatic rings. The quantitative estimate of drug-likeness (QED) is 0.723. The molecule has 1 saturated heterocycles. The number of aryl methyl sites for hydroxylation is 1. The van der Waals surface area contributed by atoms with E-state index in [1.54, 1.807) is 6.33 Å². The van der Waals surface area contributed by atoms with E-state index in [1.807, 2.05) is 10.7 Å². The molecule has 1 N–H and O–H groups in total. The highest BCUT2D eigenvalue weighted by Crippen LogP contribution is 2.29. The molecule has 7 heteroatoms. The third-order valence-electron chi connectivity index (χ3n) is 6.32. The van der Waals surface area contributed by atoms with Gasteiger partial charge in [-0.1, -0.05) is 30.3 Å². The zero-order valence-corrected chi connectivity index (χ0v) is 17.4. The van der Waals surface area contributed by atoms with Gasteiger partial charge in [0.25, 0.3) is 0 Å². The van der Waals surface area contributed by atoms with Gasteiger partial charge in [0, 0.05) is 62.5 Å². The summed E-state index contributed by atoms with van der Waals surface area (Å²) in [5, 5.41) is 14.6. The second kappa shape index (κ2) is 8.07. The van der Waals surface area contributed by atoms with Gasteiger partial charge in [-0.3, -0.25) is 4.68 Å². The second-order valence-corrected chi connectivity index (χ2v) is 8.20. The van der Waals surface area contributed by atoms with Crippen molar-refractivity contribution in [3.63, 3.8) is 0 Å². The summed E-state index contributed by atoms with van der Waals surface area (Å²) in [7, 11) is 2.05. The highest BCUT2D eigenvalue weighted by atomic mass is 16.3. The van der Waals surface area contributed by atoms with Crippen LogP contribution in [0.3, 0.4) is 0 Å². The van der Waals surface area contributed by atoms with Crippen molar-refractivity contribution in [3.8, 4) is 11.3 Å². The molecule has 2 aliphatic rings. The fourth-order valence-corrected chi connectivity index (χ4v) is 4.61. The Morgan fingerprint density at radius 2 is 1.57 bits per heavy atom. The third-order valence-corrected chi connectivity index (χ3v) is 6.32. The van der Waals surface area contributed by atoms with Crippen molar-refractivity contribution in [2.45, 2.75) is 31.8 Å². The van der Waals surface area contributed by atoms with Gasteiger partial charge in [-0.25, -0.2) is 9.97 Å². The van der Waals surface area contributed by atoms with Gasteiger partial charge >= 0.3 is 0 Å². The summed E-state index contributed by atoms with van der Waals surface area (Å²) in [6.07, 6.45) is 4.98. The molecular formula is C23H28N6O. The van der Waals surface area contributed by atoms with Crippen molar-refractivity contribution in [2.75, 3.05) is 36.0 Å². The van der Waals surface area contributed by atoms with Crippen molar-refractivity contribution in [1.29, 1.82) is 0 Å². The van der Waals surface area contributed by atoms with Crippen molar-refractivity contribution >= 4 is 11.6 Å². The molecule has 0 atom stereocenters. The molecule has 0 aliphatic carbocycles. The molecule has 2 aliphatic heterocycles. The number of benzene rings is 1. The van der Waals surface area contributed by atoms with Gasteiger partial charge in [-0.05, 0) is 19.3 Å². The van der Waals surface area contributed by atoms with Crippen LogP contribution in [-0.4, -0.2) is 57.1 Å². The Bertz CT molecular complexity index is 1010. The summed E-state index contributed by atoms with van der Waals surface area (Å²) in [5.74, 6) is 1.94. The maximum absolute atomic E-state index is 9.78. The zero-order valence-electron chi connectivity index (χ0n) is 17.4. The van der Waals surface area contributed by atoms with Crippen LogP contribution in [-0.2, 0) is 19.9 Å². The molecular weight excluding hydrogens is 376 g/mol. The fraction of sp³-hybridized carbons (Fsp3) is 0.435. The minimum atomic E-state index is -0.181. The van der Waals surface area contributed by atoms with E-state index in [-0.39, 0.29) is 6.10 Å². The fourth-order valence-electron chi connectivity index (χ4n) is 4.61. The molecule has 30 heavy (non-hydrogen) atoms. The lowest BCUT2D eigenvalue weighted by atomic mass is 10.0. The van der Waals surface area contributed by atoms with E-state index in [9.17, 15) is 5.11 Å². The number of nitrogens with zero attached hydrogens (tertiary/aromatic N) is 6. The van der Waals surface area contributed by atoms with Gasteiger partial charge < -0.3 is 14.9 Å². The van der Waals surface area contributed by atoms with E-state index in [1.165, 1.54) is 16.8 Å². The Balaban J connectivity index is 1.37. The summed E-state index contributed by atoms with van der Waals surface area (Å²) >= 11 is 0. The van der Waals surface area contributed by atoms with Gasteiger partial charge in [-0.15, -0.1) is 0 Å². The highest BCUT2D eigenvalue weighted by molar-refractivity contribution is 5.65. The van der Waals surface area contributed by atoms with Crippen molar-refractivity contribution in [2.24, 2.45) is 7.05 Å². The number of hydrogen-bond acceptors (Lipinski definition) is 6. The highest BCUT2D eigenvalue weighted by Gasteiger charge is 2.24. The lowest BCUT2D eigenvalue weighted by Crippen LogP contribution is -2.36. The molecule has 0 amide bonds. The van der Waals surface area contributed by atoms with E-state index in [2.05, 4.69) is 57.1 Å². The normalized spacial score (nSPS) is 17.7. The van der Waals surface area contributed by atoms with Crippen LogP contribution in [0, 0.1) is 0 Å². The molecule has 1 fully saturated rings. The smallest absolute Gasteiger partial charge is 0.134 e. The summed E-state index contributed by atoms with van der Waals surface area (Å²) in [5.41, 5.74) is 4.95. The van der Waals surface area contributed by atoms with Gasteiger partial charge in [0.2, 0.25) is 0 Å². The predicted molar refractivity (Wildman–Crippen MR) is 118 cm³/mol. The summed E-state index contributed by atoms with van der Waals surface area (Å²) < 4.78 is 2.05. The van der Waals surface area contributed by atoms with Crippen molar-refractivity contribution in [1.82, 2.24) is 19.7 Å². The van der Waals surface area contributed by atoms with Gasteiger partial charge in [-0.2, -0.15) is 5.10 Å². The predicted octanol–water partition coefficient (Wildman–Crippen LogP) is 2.44. The Kier molecular flexibility index (Phi) is 5.12. The second-order valence-electron chi connectivity index (χ2n) is 8.20. The van der Waals surface area contributed by atoms with Crippen LogP contribution < -0.4 is 9.80 Å². The number of hydrogen-bond donors (Lipinski definition) is 1. The minimum Gasteiger partial charge on any atom is -0.393 e. The molecule has 4 heterocycles. The number of fused-ring (bicyclic) bond motifs is 1. The maximum Gasteiger partial charge on any atom is 0.134 e. The molecule has 2 aromatic heterocycles. The van der Waals surface area contributed by atoms with Crippen LogP contribution in [0.25, 0.3) is 11.3 Å². The Labute approximate surface area is 177 Å². The molecule has 7 nitrogen and oxygen atoms in total. The number of aliphatic hydroxyl groups excluding tert-OH is 1. The number of anilines is 2. The summed E-state index contributed by atoms with van der Waals surface area (Å²) in [6, 6.07) is 12.6. The van der Waals surface area contributed by atoms with E-state index in [4.69, 9.17) is 5.10 Å². The SMILES string of the molecule is Cn1nc(-c2ccccc2)c2c1CCN(c1cc(N3CCC(O)CC3)ncn1)CC2. The number of rotatable bonds is 3.